The van der Waals surface area contributed by atoms with E-state index in [1.165, 1.54) is 33.7 Å². The van der Waals surface area contributed by atoms with Crippen LogP contribution in [0.15, 0.2) is 22.4 Å². The monoisotopic (exact) mass is 436 g/mol. The quantitative estimate of drug-likeness (QED) is 0.564. The van der Waals surface area contributed by atoms with E-state index in [4.69, 9.17) is 4.74 Å². The zero-order chi connectivity index (χ0) is 20.9. The SMILES string of the molecule is COC(=O)c1sccc1Cn1ncc2c3c(n(C)c2c1=O)CN(S(C)(=O)=O)CC3. The molecule has 0 spiro atoms. The maximum Gasteiger partial charge on any atom is 0.348 e. The topological polar surface area (TPSA) is 104 Å². The van der Waals surface area contributed by atoms with E-state index in [2.05, 4.69) is 5.10 Å². The lowest BCUT2D eigenvalue weighted by Gasteiger charge is -2.25. The molecule has 4 rings (SSSR count). The Hall–Kier alpha value is -2.50. The third-order valence-corrected chi connectivity index (χ3v) is 7.46. The van der Waals surface area contributed by atoms with Gasteiger partial charge in [-0.3, -0.25) is 4.79 Å². The van der Waals surface area contributed by atoms with E-state index in [-0.39, 0.29) is 18.6 Å². The Balaban J connectivity index is 1.78. The summed E-state index contributed by atoms with van der Waals surface area (Å²) in [6.07, 6.45) is 3.37. The highest BCUT2D eigenvalue weighted by Gasteiger charge is 2.29. The van der Waals surface area contributed by atoms with Gasteiger partial charge in [-0.1, -0.05) is 0 Å². The van der Waals surface area contributed by atoms with Crippen molar-refractivity contribution in [2.45, 2.75) is 19.5 Å². The number of carbonyl (C=O) groups excluding carboxylic acids is 1. The number of aryl methyl sites for hydroxylation is 1. The van der Waals surface area contributed by atoms with Crippen molar-refractivity contribution in [1.82, 2.24) is 18.7 Å². The number of sulfonamides is 1. The Bertz CT molecular complexity index is 1290. The van der Waals surface area contributed by atoms with Gasteiger partial charge in [0.15, 0.2) is 0 Å². The van der Waals surface area contributed by atoms with Gasteiger partial charge in [-0.15, -0.1) is 11.3 Å². The highest BCUT2D eigenvalue weighted by molar-refractivity contribution is 7.88. The molecule has 3 aromatic rings. The fraction of sp³-hybridized carbons (Fsp3) is 0.389. The highest BCUT2D eigenvalue weighted by atomic mass is 32.2. The van der Waals surface area contributed by atoms with Gasteiger partial charge in [0, 0.05) is 24.7 Å². The second kappa shape index (κ2) is 7.08. The van der Waals surface area contributed by atoms with Gasteiger partial charge >= 0.3 is 5.97 Å². The van der Waals surface area contributed by atoms with Crippen molar-refractivity contribution in [1.29, 1.82) is 0 Å². The van der Waals surface area contributed by atoms with E-state index in [9.17, 15) is 18.0 Å². The first kappa shape index (κ1) is 19.8. The molecule has 0 fully saturated rings. The number of aromatic nitrogens is 3. The van der Waals surface area contributed by atoms with Crippen molar-refractivity contribution in [3.63, 3.8) is 0 Å². The molecule has 0 saturated heterocycles. The lowest BCUT2D eigenvalue weighted by atomic mass is 10.1. The molecule has 4 heterocycles. The number of hydrogen-bond donors (Lipinski definition) is 0. The molecule has 0 unspecified atom stereocenters. The molecule has 0 N–H and O–H groups in total. The van der Waals surface area contributed by atoms with Crippen LogP contribution in [0.1, 0.15) is 26.5 Å². The molecule has 0 atom stereocenters. The Labute approximate surface area is 171 Å². The Morgan fingerprint density at radius 3 is 2.83 bits per heavy atom. The minimum atomic E-state index is -3.31. The maximum absolute atomic E-state index is 13.2. The zero-order valence-electron chi connectivity index (χ0n) is 16.2. The summed E-state index contributed by atoms with van der Waals surface area (Å²) >= 11 is 1.25. The van der Waals surface area contributed by atoms with E-state index >= 15 is 0 Å². The van der Waals surface area contributed by atoms with Gasteiger partial charge in [-0.25, -0.2) is 17.9 Å². The standard InChI is InChI=1S/C18H20N4O5S2/c1-20-14-10-21(29(3,25)26)6-4-12(14)13-8-19-22(17(23)15(13)20)9-11-5-7-28-16(11)18(24)27-2/h5,7-8H,4,6,9-10H2,1-3H3. The van der Waals surface area contributed by atoms with E-state index in [1.807, 2.05) is 0 Å². The van der Waals surface area contributed by atoms with Crippen LogP contribution in [0, 0.1) is 0 Å². The molecule has 0 aromatic carbocycles. The van der Waals surface area contributed by atoms with Crippen molar-refractivity contribution in [3.8, 4) is 0 Å². The molecule has 9 nitrogen and oxygen atoms in total. The lowest BCUT2D eigenvalue weighted by Crippen LogP contribution is -2.35. The average molecular weight is 437 g/mol. The lowest BCUT2D eigenvalue weighted by molar-refractivity contribution is 0.0605. The van der Waals surface area contributed by atoms with Gasteiger partial charge in [0.2, 0.25) is 10.0 Å². The minimum absolute atomic E-state index is 0.147. The summed E-state index contributed by atoms with van der Waals surface area (Å²) in [5.74, 6) is -0.445. The second-order valence-electron chi connectivity index (χ2n) is 6.97. The molecular formula is C18H20N4O5S2. The summed E-state index contributed by atoms with van der Waals surface area (Å²) in [7, 11) is -0.229. The number of rotatable bonds is 4. The summed E-state index contributed by atoms with van der Waals surface area (Å²) in [4.78, 5) is 25.5. The number of hydrogen-bond acceptors (Lipinski definition) is 7. The molecule has 0 aliphatic carbocycles. The van der Waals surface area contributed by atoms with Crippen molar-refractivity contribution in [2.75, 3.05) is 19.9 Å². The van der Waals surface area contributed by atoms with Crippen LogP contribution in [0.25, 0.3) is 10.9 Å². The summed E-state index contributed by atoms with van der Waals surface area (Å²) in [6.45, 7) is 0.759. The molecule has 154 valence electrons. The van der Waals surface area contributed by atoms with Crippen LogP contribution in [-0.2, 0) is 41.3 Å². The first-order valence-corrected chi connectivity index (χ1v) is 11.6. The second-order valence-corrected chi connectivity index (χ2v) is 9.87. The van der Waals surface area contributed by atoms with Gasteiger partial charge < -0.3 is 9.30 Å². The molecule has 1 aliphatic rings. The average Bonchev–Trinajstić information content (AvgIpc) is 3.25. The number of thiophene rings is 1. The molecule has 1 aliphatic heterocycles. The maximum atomic E-state index is 13.2. The Morgan fingerprint density at radius 2 is 2.14 bits per heavy atom. The fourth-order valence-corrected chi connectivity index (χ4v) is 5.38. The number of carbonyl (C=O) groups is 1. The molecule has 29 heavy (non-hydrogen) atoms. The molecule has 0 amide bonds. The number of nitrogens with zero attached hydrogens (tertiary/aromatic N) is 4. The molecule has 11 heteroatoms. The van der Waals surface area contributed by atoms with E-state index in [1.54, 1.807) is 29.3 Å². The normalized spacial score (nSPS) is 14.9. The third-order valence-electron chi connectivity index (χ3n) is 5.28. The molecular weight excluding hydrogens is 416 g/mol. The first-order chi connectivity index (χ1) is 13.7. The van der Waals surface area contributed by atoms with Crippen LogP contribution in [0.5, 0.6) is 0 Å². The number of ether oxygens (including phenoxy) is 1. The first-order valence-electron chi connectivity index (χ1n) is 8.88. The van der Waals surface area contributed by atoms with Crippen molar-refractivity contribution in [2.24, 2.45) is 7.05 Å². The fourth-order valence-electron chi connectivity index (χ4n) is 3.77. The van der Waals surface area contributed by atoms with E-state index in [0.29, 0.717) is 28.9 Å². The molecule has 0 radical (unpaired) electrons. The van der Waals surface area contributed by atoms with Gasteiger partial charge in [-0.2, -0.15) is 9.40 Å². The van der Waals surface area contributed by atoms with Gasteiger partial charge in [-0.05, 0) is 29.0 Å². The zero-order valence-corrected chi connectivity index (χ0v) is 17.8. The predicted molar refractivity (Wildman–Crippen MR) is 109 cm³/mol. The van der Waals surface area contributed by atoms with Crippen LogP contribution in [0.3, 0.4) is 0 Å². The van der Waals surface area contributed by atoms with Crippen molar-refractivity contribution in [3.05, 3.63) is 49.7 Å². The van der Waals surface area contributed by atoms with Crippen molar-refractivity contribution < 1.29 is 17.9 Å². The molecule has 0 saturated carbocycles. The van der Waals surface area contributed by atoms with Crippen LogP contribution in [-0.4, -0.2) is 53.0 Å². The number of methoxy groups -OCH3 is 1. The van der Waals surface area contributed by atoms with E-state index in [0.717, 1.165) is 16.6 Å². The summed E-state index contributed by atoms with van der Waals surface area (Å²) in [5, 5.41) is 6.82. The van der Waals surface area contributed by atoms with Crippen LogP contribution >= 0.6 is 11.3 Å². The number of fused-ring (bicyclic) bond motifs is 3. The smallest absolute Gasteiger partial charge is 0.348 e. The van der Waals surface area contributed by atoms with E-state index < -0.39 is 16.0 Å². The Morgan fingerprint density at radius 1 is 1.38 bits per heavy atom. The Kier molecular flexibility index (Phi) is 4.83. The van der Waals surface area contributed by atoms with Gasteiger partial charge in [0.25, 0.3) is 5.56 Å². The van der Waals surface area contributed by atoms with Gasteiger partial charge in [0.05, 0.1) is 32.7 Å². The van der Waals surface area contributed by atoms with Crippen LogP contribution < -0.4 is 5.56 Å². The third kappa shape index (κ3) is 3.28. The minimum Gasteiger partial charge on any atom is -0.465 e. The summed E-state index contributed by atoms with van der Waals surface area (Å²) in [5.41, 5.74) is 2.63. The van der Waals surface area contributed by atoms with Gasteiger partial charge in [0.1, 0.15) is 10.4 Å². The largest absolute Gasteiger partial charge is 0.465 e. The number of esters is 1. The predicted octanol–water partition coefficient (Wildman–Crippen LogP) is 0.949. The van der Waals surface area contributed by atoms with Crippen LogP contribution in [0.2, 0.25) is 0 Å². The van der Waals surface area contributed by atoms with Crippen molar-refractivity contribution >= 4 is 38.2 Å². The highest BCUT2D eigenvalue weighted by Crippen LogP contribution is 2.29. The molecule has 0 bridgehead atoms. The summed E-state index contributed by atoms with van der Waals surface area (Å²) in [6, 6.07) is 1.77. The van der Waals surface area contributed by atoms with Crippen LogP contribution in [0.4, 0.5) is 0 Å². The summed E-state index contributed by atoms with van der Waals surface area (Å²) < 4.78 is 33.1. The molecule has 3 aromatic heterocycles.